The van der Waals surface area contributed by atoms with Crippen LogP contribution in [-0.4, -0.2) is 29.1 Å². The molecule has 1 aliphatic rings. The van der Waals surface area contributed by atoms with Crippen LogP contribution in [0.5, 0.6) is 0 Å². The Hall–Kier alpha value is -1.62. The van der Waals surface area contributed by atoms with Crippen molar-refractivity contribution in [3.63, 3.8) is 0 Å². The van der Waals surface area contributed by atoms with Gasteiger partial charge >= 0.3 is 11.6 Å². The second-order valence-electron chi connectivity index (χ2n) is 3.85. The Balaban J connectivity index is 1.84. The van der Waals surface area contributed by atoms with Crippen LogP contribution >= 0.6 is 0 Å². The predicted molar refractivity (Wildman–Crippen MR) is 57.5 cm³/mol. The average Bonchev–Trinajstić information content (AvgIpc) is 2.86. The average molecular weight is 204 g/mol. The summed E-state index contributed by atoms with van der Waals surface area (Å²) in [6.07, 6.45) is 3.03. The van der Waals surface area contributed by atoms with Gasteiger partial charge in [0.1, 0.15) is 5.52 Å². The minimum atomic E-state index is 0.491. The Kier molecular flexibility index (Phi) is 2.03. The summed E-state index contributed by atoms with van der Waals surface area (Å²) in [6, 6.07) is 4.46. The highest BCUT2D eigenvalue weighted by Crippen LogP contribution is 2.11. The van der Waals surface area contributed by atoms with Crippen molar-refractivity contribution < 1.29 is 4.98 Å². The largest absolute Gasteiger partial charge is 0.349 e. The minimum Gasteiger partial charge on any atom is -0.330 e. The Morgan fingerprint density at radius 1 is 1.53 bits per heavy atom. The summed E-state index contributed by atoms with van der Waals surface area (Å²) in [7, 11) is 0. The highest BCUT2D eigenvalue weighted by atomic mass is 15.2. The van der Waals surface area contributed by atoms with E-state index in [9.17, 15) is 0 Å². The second-order valence-corrected chi connectivity index (χ2v) is 3.85. The molecule has 0 aromatic carbocycles. The van der Waals surface area contributed by atoms with E-state index in [1.165, 1.54) is 0 Å². The first kappa shape index (κ1) is 8.67. The Morgan fingerprint density at radius 2 is 2.53 bits per heavy atom. The third-order valence-electron chi connectivity index (χ3n) is 2.71. The van der Waals surface area contributed by atoms with Gasteiger partial charge in [-0.15, -0.1) is 0 Å². The van der Waals surface area contributed by atoms with Crippen LogP contribution in [-0.2, 0) is 0 Å². The maximum Gasteiger partial charge on any atom is 0.349 e. The molecule has 0 amide bonds. The highest BCUT2D eigenvalue weighted by molar-refractivity contribution is 5.69. The van der Waals surface area contributed by atoms with Crippen LogP contribution in [0.3, 0.4) is 0 Å². The molecule has 5 nitrogen and oxygen atoms in total. The maximum absolute atomic E-state index is 4.43. The molecule has 0 radical (unpaired) electrons. The Labute approximate surface area is 87.3 Å². The van der Waals surface area contributed by atoms with Gasteiger partial charge in [0.2, 0.25) is 0 Å². The third-order valence-corrected chi connectivity index (χ3v) is 2.71. The number of fused-ring (bicyclic) bond motifs is 1. The molecule has 4 N–H and O–H groups in total. The zero-order valence-electron chi connectivity index (χ0n) is 8.38. The molecule has 1 aliphatic heterocycles. The third kappa shape index (κ3) is 1.66. The molecule has 0 unspecified atom stereocenters. The summed E-state index contributed by atoms with van der Waals surface area (Å²) in [5.74, 6) is 0.848. The van der Waals surface area contributed by atoms with E-state index in [-0.39, 0.29) is 0 Å². The number of rotatable bonds is 2. The van der Waals surface area contributed by atoms with Gasteiger partial charge in [0, 0.05) is 12.6 Å². The fraction of sp³-hybridized carbons (Fsp3) is 0.400. The van der Waals surface area contributed by atoms with Crippen LogP contribution in [0.4, 0.5) is 5.95 Å². The lowest BCUT2D eigenvalue weighted by Crippen LogP contribution is -2.22. The van der Waals surface area contributed by atoms with Crippen molar-refractivity contribution in [1.82, 2.24) is 15.3 Å². The van der Waals surface area contributed by atoms with Crippen LogP contribution < -0.4 is 15.6 Å². The van der Waals surface area contributed by atoms with E-state index in [0.29, 0.717) is 6.04 Å². The number of aromatic amines is 2. The fourth-order valence-corrected chi connectivity index (χ4v) is 1.93. The maximum atomic E-state index is 4.43. The van der Waals surface area contributed by atoms with Gasteiger partial charge in [0.05, 0.1) is 6.20 Å². The fourth-order valence-electron chi connectivity index (χ4n) is 1.93. The number of anilines is 1. The summed E-state index contributed by atoms with van der Waals surface area (Å²) >= 11 is 0. The zero-order valence-corrected chi connectivity index (χ0v) is 8.38. The number of aromatic nitrogens is 3. The molecule has 3 heterocycles. The Morgan fingerprint density at radius 3 is 3.33 bits per heavy atom. The van der Waals surface area contributed by atoms with E-state index in [0.717, 1.165) is 36.6 Å². The second kappa shape index (κ2) is 3.51. The quantitative estimate of drug-likeness (QED) is 0.652. The van der Waals surface area contributed by atoms with Crippen molar-refractivity contribution in [1.29, 1.82) is 0 Å². The number of hydrogen-bond donors (Lipinski definition) is 3. The van der Waals surface area contributed by atoms with Crippen molar-refractivity contribution in [2.75, 3.05) is 18.4 Å². The summed E-state index contributed by atoms with van der Waals surface area (Å²) in [5, 5.41) is 6.70. The van der Waals surface area contributed by atoms with Crippen LogP contribution in [0.25, 0.3) is 11.2 Å². The number of hydrogen-bond acceptors (Lipinski definition) is 3. The van der Waals surface area contributed by atoms with Crippen molar-refractivity contribution in [3.05, 3.63) is 18.3 Å². The molecule has 2 aromatic heterocycles. The van der Waals surface area contributed by atoms with Crippen molar-refractivity contribution in [3.8, 4) is 0 Å². The monoisotopic (exact) mass is 204 g/mol. The first-order valence-electron chi connectivity index (χ1n) is 5.25. The lowest BCUT2D eigenvalue weighted by atomic mass is 10.3. The number of nitrogens with one attached hydrogen (secondary N) is 4. The summed E-state index contributed by atoms with van der Waals surface area (Å²) in [4.78, 5) is 10.8. The molecular weight excluding hydrogens is 190 g/mol. The molecule has 1 saturated heterocycles. The van der Waals surface area contributed by atoms with Gasteiger partial charge < -0.3 is 10.6 Å². The highest BCUT2D eigenvalue weighted by Gasteiger charge is 2.18. The Bertz CT molecular complexity index is 425. The van der Waals surface area contributed by atoms with E-state index < -0.39 is 0 Å². The SMILES string of the molecule is c1c[nH+]c2nc(N[C@@H]3CCNC3)[nH]c2c1. The van der Waals surface area contributed by atoms with Crippen molar-refractivity contribution in [2.45, 2.75) is 12.5 Å². The molecule has 0 bridgehead atoms. The number of H-pyrrole nitrogens is 2. The number of pyridine rings is 1. The predicted octanol–water partition coefficient (Wildman–Crippen LogP) is 0.151. The van der Waals surface area contributed by atoms with Gasteiger partial charge in [0.25, 0.3) is 0 Å². The van der Waals surface area contributed by atoms with Gasteiger partial charge in [-0.3, -0.25) is 4.98 Å². The lowest BCUT2D eigenvalue weighted by molar-refractivity contribution is -0.347. The van der Waals surface area contributed by atoms with Crippen LogP contribution in [0.2, 0.25) is 0 Å². The first-order chi connectivity index (χ1) is 7.42. The molecule has 0 spiro atoms. The van der Waals surface area contributed by atoms with Crippen LogP contribution in [0, 0.1) is 0 Å². The molecule has 5 heteroatoms. The number of nitrogens with zero attached hydrogens (tertiary/aromatic N) is 1. The van der Waals surface area contributed by atoms with Crippen molar-refractivity contribution in [2.24, 2.45) is 0 Å². The molecular formula is C10H14N5+. The van der Waals surface area contributed by atoms with Gasteiger partial charge in [-0.1, -0.05) is 0 Å². The van der Waals surface area contributed by atoms with Gasteiger partial charge in [-0.05, 0) is 30.1 Å². The molecule has 15 heavy (non-hydrogen) atoms. The summed E-state index contributed by atoms with van der Waals surface area (Å²) < 4.78 is 0. The van der Waals surface area contributed by atoms with E-state index in [2.05, 4.69) is 25.6 Å². The number of imidazole rings is 1. The van der Waals surface area contributed by atoms with Crippen molar-refractivity contribution >= 4 is 17.1 Å². The molecule has 1 atom stereocenters. The standard InChI is InChI=1S/C10H13N5/c1-2-8-9(12-4-1)15-10(14-8)13-7-3-5-11-6-7/h1-2,4,7,11H,3,5-6H2,(H2,12,13,14,15)/p+1/t7-/m1/s1. The topological polar surface area (TPSA) is 66.9 Å². The molecule has 3 rings (SSSR count). The lowest BCUT2D eigenvalue weighted by Gasteiger charge is -2.05. The van der Waals surface area contributed by atoms with E-state index in [4.69, 9.17) is 0 Å². The zero-order chi connectivity index (χ0) is 10.1. The molecule has 1 fully saturated rings. The van der Waals surface area contributed by atoms with Crippen LogP contribution in [0.1, 0.15) is 6.42 Å². The van der Waals surface area contributed by atoms with Gasteiger partial charge in [0.15, 0.2) is 0 Å². The van der Waals surface area contributed by atoms with E-state index in [1.807, 2.05) is 18.3 Å². The van der Waals surface area contributed by atoms with Crippen LogP contribution in [0.15, 0.2) is 18.3 Å². The van der Waals surface area contributed by atoms with E-state index in [1.54, 1.807) is 0 Å². The molecule has 0 saturated carbocycles. The minimum absolute atomic E-state index is 0.491. The smallest absolute Gasteiger partial charge is 0.330 e. The van der Waals surface area contributed by atoms with Gasteiger partial charge in [-0.25, -0.2) is 4.98 Å². The summed E-state index contributed by atoms with van der Waals surface area (Å²) in [5.41, 5.74) is 1.93. The molecule has 78 valence electrons. The first-order valence-corrected chi connectivity index (χ1v) is 5.25. The summed E-state index contributed by atoms with van der Waals surface area (Å²) in [6.45, 7) is 2.10. The molecule has 2 aromatic rings. The normalized spacial score (nSPS) is 20.9. The van der Waals surface area contributed by atoms with Gasteiger partial charge in [-0.2, -0.15) is 0 Å². The molecule has 0 aliphatic carbocycles. The van der Waals surface area contributed by atoms with E-state index >= 15 is 0 Å².